The number of nitrogens with zero attached hydrogens (tertiary/aromatic N) is 4. The zero-order valence-electron chi connectivity index (χ0n) is 16.6. The molecule has 4 heterocycles. The smallest absolute Gasteiger partial charge is 0.309 e. The van der Waals surface area contributed by atoms with Crippen LogP contribution in [0.2, 0.25) is 0 Å². The maximum atomic E-state index is 5.97. The highest BCUT2D eigenvalue weighted by molar-refractivity contribution is 5.85. The molecule has 0 fully saturated rings. The zero-order valence-corrected chi connectivity index (χ0v) is 16.6. The first-order chi connectivity index (χ1) is 14.7. The van der Waals surface area contributed by atoms with Gasteiger partial charge in [0.2, 0.25) is 6.23 Å². The van der Waals surface area contributed by atoms with Gasteiger partial charge in [0.25, 0.3) is 0 Å². The molecular formula is C21H21N7O2. The lowest BCUT2D eigenvalue weighted by Gasteiger charge is -2.11. The first kappa shape index (κ1) is 18.0. The van der Waals surface area contributed by atoms with E-state index >= 15 is 0 Å². The third-order valence-corrected chi connectivity index (χ3v) is 5.00. The number of nitrogens with one attached hydrogen (secondary N) is 3. The summed E-state index contributed by atoms with van der Waals surface area (Å²) in [7, 11) is 3.55. The summed E-state index contributed by atoms with van der Waals surface area (Å²) in [6.45, 7) is 0.595. The molecule has 0 amide bonds. The lowest BCUT2D eigenvalue weighted by atomic mass is 10.1. The van der Waals surface area contributed by atoms with Gasteiger partial charge in [-0.1, -0.05) is 12.1 Å². The predicted molar refractivity (Wildman–Crippen MR) is 113 cm³/mol. The standard InChI is InChI=1S/C21H21N7O2/c1-28-12-15(10-25-28)14-7-17-18(11-23-19(17)22-9-14)20-26-27-21(30-20)24-8-13-3-5-16(29-2)6-4-13/h3-7,9-12,20,26H,8H2,1-2H3,(H,22,23)(H,24,27). The molecule has 1 atom stereocenters. The average Bonchev–Trinajstić information content (AvgIpc) is 3.51. The first-order valence-corrected chi connectivity index (χ1v) is 9.52. The number of aryl methyl sites for hydroxylation is 1. The van der Waals surface area contributed by atoms with Crippen molar-refractivity contribution in [2.45, 2.75) is 12.8 Å². The van der Waals surface area contributed by atoms with Crippen molar-refractivity contribution < 1.29 is 9.47 Å². The van der Waals surface area contributed by atoms with Crippen LogP contribution in [0, 0.1) is 0 Å². The lowest BCUT2D eigenvalue weighted by molar-refractivity contribution is 0.185. The normalized spacial score (nSPS) is 15.5. The van der Waals surface area contributed by atoms with Crippen LogP contribution in [0.1, 0.15) is 17.4 Å². The minimum atomic E-state index is -0.400. The van der Waals surface area contributed by atoms with Crippen LogP contribution in [0.25, 0.3) is 22.2 Å². The van der Waals surface area contributed by atoms with Crippen molar-refractivity contribution in [3.05, 3.63) is 66.2 Å². The lowest BCUT2D eigenvalue weighted by Crippen LogP contribution is -2.23. The van der Waals surface area contributed by atoms with E-state index in [4.69, 9.17) is 9.47 Å². The topological polar surface area (TPSA) is 101 Å². The third-order valence-electron chi connectivity index (χ3n) is 5.00. The van der Waals surface area contributed by atoms with E-state index in [9.17, 15) is 0 Å². The molecule has 4 aromatic rings. The van der Waals surface area contributed by atoms with Crippen molar-refractivity contribution in [3.63, 3.8) is 0 Å². The van der Waals surface area contributed by atoms with Crippen molar-refractivity contribution in [2.75, 3.05) is 7.11 Å². The molecule has 1 unspecified atom stereocenters. The van der Waals surface area contributed by atoms with Crippen molar-refractivity contribution in [3.8, 4) is 16.9 Å². The minimum absolute atomic E-state index is 0.400. The summed E-state index contributed by atoms with van der Waals surface area (Å²) < 4.78 is 12.9. The number of rotatable bonds is 5. The van der Waals surface area contributed by atoms with Crippen LogP contribution in [0.3, 0.4) is 0 Å². The Hall–Kier alpha value is -4.01. The first-order valence-electron chi connectivity index (χ1n) is 9.52. The van der Waals surface area contributed by atoms with Crippen LogP contribution in [0.15, 0.2) is 60.2 Å². The van der Waals surface area contributed by atoms with E-state index in [1.807, 2.05) is 56.1 Å². The number of pyridine rings is 1. The van der Waals surface area contributed by atoms with Crippen molar-refractivity contribution in [1.82, 2.24) is 30.5 Å². The molecule has 1 aromatic carbocycles. The van der Waals surface area contributed by atoms with Crippen LogP contribution >= 0.6 is 0 Å². The molecule has 1 aliphatic rings. The van der Waals surface area contributed by atoms with Crippen molar-refractivity contribution in [2.24, 2.45) is 12.1 Å². The quantitative estimate of drug-likeness (QED) is 0.474. The Bertz CT molecular complexity index is 1210. The van der Waals surface area contributed by atoms with Crippen LogP contribution in [0.5, 0.6) is 5.75 Å². The number of aromatic nitrogens is 4. The summed E-state index contributed by atoms with van der Waals surface area (Å²) in [6.07, 6.45) is 7.11. The maximum absolute atomic E-state index is 5.97. The predicted octanol–water partition coefficient (Wildman–Crippen LogP) is 2.65. The van der Waals surface area contributed by atoms with E-state index in [2.05, 4.69) is 37.0 Å². The van der Waals surface area contributed by atoms with E-state index < -0.39 is 6.23 Å². The summed E-state index contributed by atoms with van der Waals surface area (Å²) in [5.74, 6) is 0.827. The second-order valence-corrected chi connectivity index (χ2v) is 7.01. The van der Waals surface area contributed by atoms with Crippen LogP contribution in [-0.2, 0) is 18.3 Å². The number of benzene rings is 1. The molecule has 0 aliphatic carbocycles. The fourth-order valence-corrected chi connectivity index (χ4v) is 3.39. The molecule has 0 spiro atoms. The Balaban J connectivity index is 1.29. The number of fused-ring (bicyclic) bond motifs is 1. The number of aromatic amines is 1. The summed E-state index contributed by atoms with van der Waals surface area (Å²) in [6, 6.07) is 10.4. The van der Waals surface area contributed by atoms with Gasteiger partial charge in [0.15, 0.2) is 0 Å². The van der Waals surface area contributed by atoms with E-state index in [1.54, 1.807) is 11.8 Å². The summed E-state index contributed by atoms with van der Waals surface area (Å²) in [4.78, 5) is 7.73. The second kappa shape index (κ2) is 7.43. The van der Waals surface area contributed by atoms with Crippen LogP contribution in [0.4, 0.5) is 0 Å². The molecule has 152 valence electrons. The average molecular weight is 403 g/mol. The molecular weight excluding hydrogens is 382 g/mol. The number of ether oxygens (including phenoxy) is 2. The monoisotopic (exact) mass is 403 g/mol. The van der Waals surface area contributed by atoms with Gasteiger partial charge in [0, 0.05) is 54.3 Å². The Labute approximate surface area is 172 Å². The molecule has 5 rings (SSSR count). The van der Waals surface area contributed by atoms with Gasteiger partial charge in [-0.3, -0.25) is 10.1 Å². The zero-order chi connectivity index (χ0) is 20.5. The maximum Gasteiger partial charge on any atom is 0.309 e. The van der Waals surface area contributed by atoms with Gasteiger partial charge in [-0.15, -0.1) is 5.10 Å². The SMILES string of the molecule is COc1ccc(CNC2=NNC(c3c[nH]c4ncc(-c5cnn(C)c5)cc34)O2)cc1. The molecule has 1 aliphatic heterocycles. The van der Waals surface area contributed by atoms with Gasteiger partial charge < -0.3 is 19.8 Å². The van der Waals surface area contributed by atoms with Gasteiger partial charge in [-0.05, 0) is 23.8 Å². The number of hydrazone groups is 1. The highest BCUT2D eigenvalue weighted by Gasteiger charge is 2.24. The van der Waals surface area contributed by atoms with Crippen LogP contribution < -0.4 is 15.5 Å². The largest absolute Gasteiger partial charge is 0.497 e. The van der Waals surface area contributed by atoms with Gasteiger partial charge in [-0.2, -0.15) is 5.10 Å². The number of methoxy groups -OCH3 is 1. The molecule has 9 heteroatoms. The molecule has 0 bridgehead atoms. The highest BCUT2D eigenvalue weighted by atomic mass is 16.5. The number of hydrogen-bond donors (Lipinski definition) is 3. The minimum Gasteiger partial charge on any atom is -0.497 e. The number of H-pyrrole nitrogens is 1. The molecule has 0 saturated carbocycles. The summed E-state index contributed by atoms with van der Waals surface area (Å²) in [5, 5.41) is 12.7. The molecule has 3 N–H and O–H groups in total. The molecule has 30 heavy (non-hydrogen) atoms. The van der Waals surface area contributed by atoms with E-state index in [1.165, 1.54) is 0 Å². The molecule has 0 saturated heterocycles. The Morgan fingerprint density at radius 1 is 1.20 bits per heavy atom. The van der Waals surface area contributed by atoms with Gasteiger partial charge >= 0.3 is 6.02 Å². The fraction of sp³-hybridized carbons (Fsp3) is 0.190. The van der Waals surface area contributed by atoms with Crippen LogP contribution in [-0.4, -0.2) is 32.9 Å². The van der Waals surface area contributed by atoms with Gasteiger partial charge in [-0.25, -0.2) is 4.98 Å². The third kappa shape index (κ3) is 3.41. The number of hydrogen-bond acceptors (Lipinski definition) is 7. The Kier molecular flexibility index (Phi) is 4.47. The van der Waals surface area contributed by atoms with Gasteiger partial charge in [0.1, 0.15) is 11.4 Å². The van der Waals surface area contributed by atoms with E-state index in [-0.39, 0.29) is 0 Å². The van der Waals surface area contributed by atoms with E-state index in [0.717, 1.165) is 39.0 Å². The van der Waals surface area contributed by atoms with Crippen molar-refractivity contribution in [1.29, 1.82) is 0 Å². The number of amidine groups is 1. The Morgan fingerprint density at radius 2 is 2.07 bits per heavy atom. The van der Waals surface area contributed by atoms with Crippen molar-refractivity contribution >= 4 is 17.1 Å². The molecule has 3 aromatic heterocycles. The summed E-state index contributed by atoms with van der Waals surface area (Å²) >= 11 is 0. The second-order valence-electron chi connectivity index (χ2n) is 7.01. The Morgan fingerprint density at radius 3 is 2.83 bits per heavy atom. The fourth-order valence-electron chi connectivity index (χ4n) is 3.39. The van der Waals surface area contributed by atoms with Gasteiger partial charge in [0.05, 0.1) is 13.3 Å². The van der Waals surface area contributed by atoms with E-state index in [0.29, 0.717) is 12.6 Å². The summed E-state index contributed by atoms with van der Waals surface area (Å²) in [5.41, 5.74) is 7.88. The highest BCUT2D eigenvalue weighted by Crippen LogP contribution is 2.29. The molecule has 9 nitrogen and oxygen atoms in total. The molecule has 0 radical (unpaired) electrons.